The van der Waals surface area contributed by atoms with Crippen LogP contribution in [0.5, 0.6) is 0 Å². The Morgan fingerprint density at radius 3 is 2.10 bits per heavy atom. The molecular formula is C13H25N3O4S. The maximum Gasteiger partial charge on any atom is 0.309 e. The van der Waals surface area contributed by atoms with E-state index in [1.54, 1.807) is 20.8 Å². The molecule has 1 heterocycles. The number of carbonyl (C=O) groups is 2. The van der Waals surface area contributed by atoms with Crippen molar-refractivity contribution in [1.29, 1.82) is 0 Å². The summed E-state index contributed by atoms with van der Waals surface area (Å²) < 4.78 is 24.2. The molecule has 0 atom stereocenters. The molecule has 0 aromatic rings. The van der Waals surface area contributed by atoms with Crippen LogP contribution in [0.4, 0.5) is 0 Å². The first-order valence-corrected chi connectivity index (χ1v) is 8.89. The maximum absolute atomic E-state index is 11.7. The number of hydrogen-bond acceptors (Lipinski definition) is 4. The van der Waals surface area contributed by atoms with Crippen LogP contribution in [0.2, 0.25) is 0 Å². The van der Waals surface area contributed by atoms with E-state index >= 15 is 0 Å². The van der Waals surface area contributed by atoms with Gasteiger partial charge in [-0.1, -0.05) is 0 Å². The van der Waals surface area contributed by atoms with Gasteiger partial charge in [0.2, 0.25) is 10.0 Å². The summed E-state index contributed by atoms with van der Waals surface area (Å²) in [5, 5.41) is 5.20. The Labute approximate surface area is 126 Å². The van der Waals surface area contributed by atoms with Crippen LogP contribution in [0.1, 0.15) is 33.6 Å². The van der Waals surface area contributed by atoms with E-state index in [9.17, 15) is 18.0 Å². The second-order valence-corrected chi connectivity index (χ2v) is 8.50. The Morgan fingerprint density at radius 1 is 1.14 bits per heavy atom. The number of nitrogens with one attached hydrogen (secondary N) is 2. The average molecular weight is 319 g/mol. The summed E-state index contributed by atoms with van der Waals surface area (Å²) in [4.78, 5) is 23.3. The number of carbonyl (C=O) groups excluding carboxylic acids is 2. The predicted octanol–water partition coefficient (Wildman–Crippen LogP) is -0.311. The number of amides is 2. The SMILES string of the molecule is CC(C)(C)NC(=O)C(=O)NCC1CCN(S(C)(=O)=O)CC1. The van der Waals surface area contributed by atoms with Crippen LogP contribution < -0.4 is 10.6 Å². The van der Waals surface area contributed by atoms with Gasteiger partial charge < -0.3 is 10.6 Å². The molecule has 0 aliphatic carbocycles. The molecule has 2 amide bonds. The summed E-state index contributed by atoms with van der Waals surface area (Å²) in [5.41, 5.74) is -0.449. The van der Waals surface area contributed by atoms with E-state index in [-0.39, 0.29) is 5.92 Å². The van der Waals surface area contributed by atoms with Crippen molar-refractivity contribution in [2.45, 2.75) is 39.2 Å². The molecule has 2 N–H and O–H groups in total. The topological polar surface area (TPSA) is 95.6 Å². The first-order chi connectivity index (χ1) is 9.49. The summed E-state index contributed by atoms with van der Waals surface area (Å²) in [6.45, 7) is 6.74. The zero-order valence-corrected chi connectivity index (χ0v) is 13.9. The first kappa shape index (κ1) is 17.9. The van der Waals surface area contributed by atoms with Crippen LogP contribution in [-0.4, -0.2) is 56.0 Å². The molecule has 1 fully saturated rings. The summed E-state index contributed by atoms with van der Waals surface area (Å²) in [5.74, 6) is -1.08. The molecule has 0 bridgehead atoms. The van der Waals surface area contributed by atoms with E-state index in [0.717, 1.165) is 0 Å². The highest BCUT2D eigenvalue weighted by Gasteiger charge is 2.26. The number of hydrogen-bond donors (Lipinski definition) is 2. The Hall–Kier alpha value is -1.15. The molecule has 0 saturated carbocycles. The minimum absolute atomic E-state index is 0.203. The Balaban J connectivity index is 2.34. The van der Waals surface area contributed by atoms with Gasteiger partial charge in [0.25, 0.3) is 0 Å². The summed E-state index contributed by atoms with van der Waals surface area (Å²) in [7, 11) is -3.13. The van der Waals surface area contributed by atoms with Gasteiger partial charge in [-0.25, -0.2) is 12.7 Å². The second-order valence-electron chi connectivity index (χ2n) is 6.52. The minimum Gasteiger partial charge on any atom is -0.348 e. The van der Waals surface area contributed by atoms with Crippen molar-refractivity contribution >= 4 is 21.8 Å². The van der Waals surface area contributed by atoms with Gasteiger partial charge in [-0.15, -0.1) is 0 Å². The smallest absolute Gasteiger partial charge is 0.309 e. The molecule has 1 aliphatic rings. The van der Waals surface area contributed by atoms with E-state index < -0.39 is 27.4 Å². The second kappa shape index (κ2) is 6.74. The molecule has 1 rings (SSSR count). The number of nitrogens with zero attached hydrogens (tertiary/aromatic N) is 1. The summed E-state index contributed by atoms with van der Waals surface area (Å²) in [6.07, 6.45) is 2.58. The molecule has 0 aromatic heterocycles. The lowest BCUT2D eigenvalue weighted by Gasteiger charge is -2.30. The quantitative estimate of drug-likeness (QED) is 0.698. The molecule has 0 aromatic carbocycles. The van der Waals surface area contributed by atoms with E-state index in [1.165, 1.54) is 10.6 Å². The summed E-state index contributed by atoms with van der Waals surface area (Å²) in [6, 6.07) is 0. The highest BCUT2D eigenvalue weighted by molar-refractivity contribution is 7.88. The lowest BCUT2D eigenvalue weighted by atomic mass is 9.98. The molecule has 1 aliphatic heterocycles. The van der Waals surface area contributed by atoms with Gasteiger partial charge in [0, 0.05) is 25.2 Å². The average Bonchev–Trinajstić information content (AvgIpc) is 2.33. The third-order valence-corrected chi connectivity index (χ3v) is 4.59. The largest absolute Gasteiger partial charge is 0.348 e. The van der Waals surface area contributed by atoms with Crippen molar-refractivity contribution in [2.75, 3.05) is 25.9 Å². The van der Waals surface area contributed by atoms with Gasteiger partial charge in [-0.3, -0.25) is 9.59 Å². The van der Waals surface area contributed by atoms with E-state index in [1.807, 2.05) is 0 Å². The Kier molecular flexibility index (Phi) is 5.75. The predicted molar refractivity (Wildman–Crippen MR) is 80.0 cm³/mol. The van der Waals surface area contributed by atoms with Crippen LogP contribution in [0, 0.1) is 5.92 Å². The fourth-order valence-corrected chi connectivity index (χ4v) is 3.03. The van der Waals surface area contributed by atoms with Crippen molar-refractivity contribution in [3.05, 3.63) is 0 Å². The van der Waals surface area contributed by atoms with Crippen molar-refractivity contribution < 1.29 is 18.0 Å². The molecule has 8 heteroatoms. The molecule has 0 radical (unpaired) electrons. The molecule has 7 nitrogen and oxygen atoms in total. The van der Waals surface area contributed by atoms with Gasteiger partial charge in [0.05, 0.1) is 6.26 Å². The lowest BCUT2D eigenvalue weighted by Crippen LogP contribution is -2.49. The van der Waals surface area contributed by atoms with E-state index in [0.29, 0.717) is 32.5 Å². The van der Waals surface area contributed by atoms with Gasteiger partial charge in [0.15, 0.2) is 0 Å². The highest BCUT2D eigenvalue weighted by atomic mass is 32.2. The first-order valence-electron chi connectivity index (χ1n) is 7.04. The zero-order valence-electron chi connectivity index (χ0n) is 13.1. The molecule has 0 unspecified atom stereocenters. The Morgan fingerprint density at radius 2 is 1.67 bits per heavy atom. The number of rotatable bonds is 3. The fraction of sp³-hybridized carbons (Fsp3) is 0.846. The van der Waals surface area contributed by atoms with E-state index in [2.05, 4.69) is 10.6 Å². The molecule has 122 valence electrons. The van der Waals surface area contributed by atoms with Crippen LogP contribution in [0.3, 0.4) is 0 Å². The van der Waals surface area contributed by atoms with Crippen molar-refractivity contribution in [1.82, 2.24) is 14.9 Å². The molecule has 0 spiro atoms. The number of sulfonamides is 1. The van der Waals surface area contributed by atoms with Gasteiger partial charge >= 0.3 is 11.8 Å². The monoisotopic (exact) mass is 319 g/mol. The third kappa shape index (κ3) is 6.43. The molecule has 21 heavy (non-hydrogen) atoms. The summed E-state index contributed by atoms with van der Waals surface area (Å²) >= 11 is 0. The minimum atomic E-state index is -3.13. The van der Waals surface area contributed by atoms with E-state index in [4.69, 9.17) is 0 Å². The normalized spacial score (nSPS) is 18.3. The van der Waals surface area contributed by atoms with Gasteiger partial charge in [-0.05, 0) is 39.5 Å². The maximum atomic E-state index is 11.7. The fourth-order valence-electron chi connectivity index (χ4n) is 2.16. The lowest BCUT2D eigenvalue weighted by molar-refractivity contribution is -0.140. The van der Waals surface area contributed by atoms with Crippen molar-refractivity contribution in [2.24, 2.45) is 5.92 Å². The van der Waals surface area contributed by atoms with Crippen molar-refractivity contribution in [3.63, 3.8) is 0 Å². The highest BCUT2D eigenvalue weighted by Crippen LogP contribution is 2.18. The molecular weight excluding hydrogens is 294 g/mol. The van der Waals surface area contributed by atoms with Crippen LogP contribution >= 0.6 is 0 Å². The van der Waals surface area contributed by atoms with Gasteiger partial charge in [-0.2, -0.15) is 0 Å². The Bertz CT molecular complexity index is 488. The zero-order chi connectivity index (χ0) is 16.3. The third-order valence-electron chi connectivity index (χ3n) is 3.29. The standard InChI is InChI=1S/C13H25N3O4S/c1-13(2,3)15-12(18)11(17)14-9-10-5-7-16(8-6-10)21(4,19)20/h10H,5-9H2,1-4H3,(H,14,17)(H,15,18). The van der Waals surface area contributed by atoms with Crippen LogP contribution in [0.15, 0.2) is 0 Å². The van der Waals surface area contributed by atoms with Crippen LogP contribution in [-0.2, 0) is 19.6 Å². The van der Waals surface area contributed by atoms with Crippen molar-refractivity contribution in [3.8, 4) is 0 Å². The van der Waals surface area contributed by atoms with Gasteiger partial charge in [0.1, 0.15) is 0 Å². The molecule has 1 saturated heterocycles. The van der Waals surface area contributed by atoms with Crippen LogP contribution in [0.25, 0.3) is 0 Å². The number of piperidine rings is 1.